The van der Waals surface area contributed by atoms with Crippen LogP contribution in [-0.4, -0.2) is 55.2 Å². The number of hydrogen-bond donors (Lipinski definition) is 0. The van der Waals surface area contributed by atoms with Gasteiger partial charge in [-0.05, 0) is 74.5 Å². The fourth-order valence-electron chi connectivity index (χ4n) is 5.31. The van der Waals surface area contributed by atoms with Crippen molar-refractivity contribution in [2.75, 3.05) is 25.4 Å². The highest BCUT2D eigenvalue weighted by Crippen LogP contribution is 2.29. The summed E-state index contributed by atoms with van der Waals surface area (Å²) >= 11 is 1.79. The SMILES string of the molecule is CCc1noc2cc3c(cc12)CCN(CCCSc1nnc(-c2cccc4nc(C)ccc24)n1C)CC3.Cl. The van der Waals surface area contributed by atoms with Gasteiger partial charge in [0.2, 0.25) is 0 Å². The number of aryl methyl sites for hydroxylation is 2. The van der Waals surface area contributed by atoms with Crippen LogP contribution in [0.4, 0.5) is 0 Å². The molecule has 5 aromatic rings. The smallest absolute Gasteiger partial charge is 0.191 e. The molecule has 1 aliphatic rings. The fraction of sp³-hybridized carbons (Fsp3) is 0.379. The second kappa shape index (κ2) is 11.4. The third-order valence-electron chi connectivity index (χ3n) is 7.39. The van der Waals surface area contributed by atoms with Crippen LogP contribution in [0.15, 0.2) is 52.1 Å². The first kappa shape index (κ1) is 26.7. The number of aromatic nitrogens is 5. The summed E-state index contributed by atoms with van der Waals surface area (Å²) in [5.74, 6) is 1.90. The average Bonchev–Trinajstić information content (AvgIpc) is 3.41. The number of nitrogens with zero attached hydrogens (tertiary/aromatic N) is 6. The summed E-state index contributed by atoms with van der Waals surface area (Å²) in [6, 6.07) is 14.9. The summed E-state index contributed by atoms with van der Waals surface area (Å²) in [6.45, 7) is 7.43. The van der Waals surface area contributed by atoms with Gasteiger partial charge < -0.3 is 14.0 Å². The van der Waals surface area contributed by atoms with E-state index in [1.807, 2.05) is 13.0 Å². The van der Waals surface area contributed by atoms with Crippen LogP contribution in [-0.2, 0) is 26.3 Å². The average molecular weight is 549 g/mol. The van der Waals surface area contributed by atoms with E-state index in [0.29, 0.717) is 0 Å². The van der Waals surface area contributed by atoms with E-state index in [0.717, 1.165) is 95.5 Å². The normalized spacial score (nSPS) is 14.0. The third kappa shape index (κ3) is 5.17. The van der Waals surface area contributed by atoms with E-state index in [2.05, 4.69) is 80.2 Å². The van der Waals surface area contributed by atoms with Crippen molar-refractivity contribution in [2.45, 2.75) is 44.7 Å². The molecule has 0 spiro atoms. The lowest BCUT2D eigenvalue weighted by atomic mass is 10.00. The van der Waals surface area contributed by atoms with Crippen LogP contribution in [0, 0.1) is 6.92 Å². The van der Waals surface area contributed by atoms with Crippen molar-refractivity contribution in [1.82, 2.24) is 29.8 Å². The molecule has 6 rings (SSSR count). The summed E-state index contributed by atoms with van der Waals surface area (Å²) < 4.78 is 7.69. The molecule has 38 heavy (non-hydrogen) atoms. The first-order chi connectivity index (χ1) is 18.1. The molecule has 0 saturated carbocycles. The Bertz CT molecular complexity index is 1580. The van der Waals surface area contributed by atoms with Gasteiger partial charge in [0.25, 0.3) is 0 Å². The second-order valence-corrected chi connectivity index (χ2v) is 10.9. The van der Waals surface area contributed by atoms with E-state index >= 15 is 0 Å². The molecule has 2 aromatic carbocycles. The van der Waals surface area contributed by atoms with Crippen LogP contribution in [0.5, 0.6) is 0 Å². The Labute approximate surface area is 233 Å². The Morgan fingerprint density at radius 1 is 1.00 bits per heavy atom. The summed E-state index contributed by atoms with van der Waals surface area (Å²) in [6.07, 6.45) is 4.17. The van der Waals surface area contributed by atoms with Crippen molar-refractivity contribution in [3.8, 4) is 11.4 Å². The van der Waals surface area contributed by atoms with Crippen molar-refractivity contribution < 1.29 is 4.52 Å². The Balaban J connectivity index is 0.00000294. The number of fused-ring (bicyclic) bond motifs is 3. The topological polar surface area (TPSA) is 72.9 Å². The van der Waals surface area contributed by atoms with Gasteiger partial charge in [-0.15, -0.1) is 22.6 Å². The zero-order chi connectivity index (χ0) is 25.4. The Morgan fingerprint density at radius 2 is 1.82 bits per heavy atom. The minimum Gasteiger partial charge on any atom is -0.356 e. The van der Waals surface area contributed by atoms with Crippen molar-refractivity contribution in [2.24, 2.45) is 7.05 Å². The first-order valence-electron chi connectivity index (χ1n) is 13.1. The maximum Gasteiger partial charge on any atom is 0.191 e. The molecule has 0 atom stereocenters. The van der Waals surface area contributed by atoms with Gasteiger partial charge in [-0.2, -0.15) is 0 Å². The number of halogens is 1. The lowest BCUT2D eigenvalue weighted by Crippen LogP contribution is -2.27. The summed E-state index contributed by atoms with van der Waals surface area (Å²) in [7, 11) is 2.06. The van der Waals surface area contributed by atoms with E-state index < -0.39 is 0 Å². The van der Waals surface area contributed by atoms with Gasteiger partial charge in [0.05, 0.1) is 11.2 Å². The van der Waals surface area contributed by atoms with Crippen LogP contribution in [0.3, 0.4) is 0 Å². The molecule has 0 bridgehead atoms. The van der Waals surface area contributed by atoms with Crippen molar-refractivity contribution in [1.29, 1.82) is 0 Å². The highest BCUT2D eigenvalue weighted by molar-refractivity contribution is 7.99. The third-order valence-corrected chi connectivity index (χ3v) is 8.50. The maximum atomic E-state index is 5.58. The van der Waals surface area contributed by atoms with Gasteiger partial charge in [0.15, 0.2) is 16.6 Å². The van der Waals surface area contributed by atoms with Crippen molar-refractivity contribution in [3.63, 3.8) is 0 Å². The molecular weight excluding hydrogens is 516 g/mol. The largest absolute Gasteiger partial charge is 0.356 e. The van der Waals surface area contributed by atoms with E-state index in [1.54, 1.807) is 11.8 Å². The van der Waals surface area contributed by atoms with Crippen LogP contribution >= 0.6 is 24.2 Å². The Kier molecular flexibility index (Phi) is 8.02. The van der Waals surface area contributed by atoms with Gasteiger partial charge in [0, 0.05) is 47.9 Å². The van der Waals surface area contributed by atoms with Crippen LogP contribution in [0.1, 0.15) is 35.9 Å². The van der Waals surface area contributed by atoms with Gasteiger partial charge in [-0.25, -0.2) is 0 Å². The molecule has 0 fully saturated rings. The molecule has 0 radical (unpaired) electrons. The lowest BCUT2D eigenvalue weighted by Gasteiger charge is -2.19. The molecule has 0 aliphatic carbocycles. The van der Waals surface area contributed by atoms with Crippen LogP contribution in [0.25, 0.3) is 33.3 Å². The molecule has 4 heterocycles. The summed E-state index contributed by atoms with van der Waals surface area (Å²) in [4.78, 5) is 7.26. The molecule has 0 N–H and O–H groups in total. The first-order valence-corrected chi connectivity index (χ1v) is 14.1. The highest BCUT2D eigenvalue weighted by Gasteiger charge is 2.18. The van der Waals surface area contributed by atoms with Crippen LogP contribution in [0.2, 0.25) is 0 Å². The molecule has 0 amide bonds. The molecule has 1 aliphatic heterocycles. The van der Waals surface area contributed by atoms with Gasteiger partial charge in [-0.1, -0.05) is 42.0 Å². The molecular formula is C29H33ClN6OS. The molecule has 7 nitrogen and oxygen atoms in total. The second-order valence-electron chi connectivity index (χ2n) is 9.83. The Hall–Kier alpha value is -2.94. The fourth-order valence-corrected chi connectivity index (χ4v) is 6.15. The summed E-state index contributed by atoms with van der Waals surface area (Å²) in [5.41, 5.74) is 7.94. The molecule has 3 aromatic heterocycles. The van der Waals surface area contributed by atoms with Gasteiger partial charge in [-0.3, -0.25) is 4.98 Å². The standard InChI is InChI=1S/C29H32N6OS.ClH/c1-4-25-24-17-20-11-14-35(15-12-21(20)18-27(24)36-33-25)13-6-16-37-29-32-31-28(34(29)3)23-7-5-8-26-22(23)10-9-19(2)30-26;/h5,7-10,17-18H,4,6,11-16H2,1-3H3;1H. The number of benzene rings is 2. The zero-order valence-electron chi connectivity index (χ0n) is 22.1. The predicted molar refractivity (Wildman–Crippen MR) is 156 cm³/mol. The molecule has 0 unspecified atom stereocenters. The molecule has 0 saturated heterocycles. The van der Waals surface area contributed by atoms with Crippen LogP contribution < -0.4 is 0 Å². The number of hydrogen-bond acceptors (Lipinski definition) is 7. The van der Waals surface area contributed by atoms with E-state index in [4.69, 9.17) is 4.52 Å². The van der Waals surface area contributed by atoms with Crippen molar-refractivity contribution in [3.05, 3.63) is 65.0 Å². The van der Waals surface area contributed by atoms with E-state index in [-0.39, 0.29) is 12.4 Å². The van der Waals surface area contributed by atoms with E-state index in [1.165, 1.54) is 16.5 Å². The summed E-state index contributed by atoms with van der Waals surface area (Å²) in [5, 5.41) is 16.5. The van der Waals surface area contributed by atoms with Gasteiger partial charge >= 0.3 is 0 Å². The number of pyridine rings is 1. The molecule has 198 valence electrons. The number of thioether (sulfide) groups is 1. The van der Waals surface area contributed by atoms with Gasteiger partial charge in [0.1, 0.15) is 0 Å². The monoisotopic (exact) mass is 548 g/mol. The Morgan fingerprint density at radius 3 is 2.63 bits per heavy atom. The lowest BCUT2D eigenvalue weighted by molar-refractivity contribution is 0.289. The minimum absolute atomic E-state index is 0. The van der Waals surface area contributed by atoms with E-state index in [9.17, 15) is 0 Å². The highest BCUT2D eigenvalue weighted by atomic mass is 35.5. The minimum atomic E-state index is 0. The number of rotatable bonds is 7. The predicted octanol–water partition coefficient (Wildman–Crippen LogP) is 6.05. The van der Waals surface area contributed by atoms with Crippen molar-refractivity contribution >= 4 is 46.0 Å². The quantitative estimate of drug-likeness (QED) is 0.181. The maximum absolute atomic E-state index is 5.58. The zero-order valence-corrected chi connectivity index (χ0v) is 23.7. The molecule has 9 heteroatoms.